The maximum Gasteiger partial charge on any atom is 0.0708 e. The summed E-state index contributed by atoms with van der Waals surface area (Å²) in [5.74, 6) is 0.667. The fourth-order valence-electron chi connectivity index (χ4n) is 1.83. The quantitative estimate of drug-likeness (QED) is 0.719. The lowest BCUT2D eigenvalue weighted by molar-refractivity contribution is 1.23. The fourth-order valence-corrected chi connectivity index (χ4v) is 1.94. The van der Waals surface area contributed by atoms with E-state index < -0.39 is 0 Å². The van der Waals surface area contributed by atoms with Gasteiger partial charge in [-0.05, 0) is 36.6 Å². The molecule has 82 valence electrons. The summed E-state index contributed by atoms with van der Waals surface area (Å²) in [6.45, 7) is 2.12. The normalized spacial score (nSPS) is 12.0. The lowest BCUT2D eigenvalue weighted by Crippen LogP contribution is -1.85. The van der Waals surface area contributed by atoms with Crippen LogP contribution in [-0.4, -0.2) is 10.9 Å². The maximum absolute atomic E-state index is 5.69. The third-order valence-corrected chi connectivity index (χ3v) is 2.85. The number of allylic oxidation sites excluding steroid dienone is 2. The second-order valence-corrected chi connectivity index (χ2v) is 4.12. The molecule has 0 atom stereocenters. The minimum absolute atomic E-state index is 0.667. The van der Waals surface area contributed by atoms with Crippen molar-refractivity contribution in [2.24, 2.45) is 0 Å². The van der Waals surface area contributed by atoms with E-state index in [1.54, 1.807) is 0 Å². The van der Waals surface area contributed by atoms with Crippen LogP contribution in [0.2, 0.25) is 0 Å². The van der Waals surface area contributed by atoms with Crippen molar-refractivity contribution >= 4 is 28.1 Å². The number of rotatable bonds is 3. The Morgan fingerprint density at radius 1 is 1.31 bits per heavy atom. The number of fused-ring (bicyclic) bond motifs is 1. The first kappa shape index (κ1) is 11.2. The molecule has 0 aliphatic heterocycles. The van der Waals surface area contributed by atoms with Crippen molar-refractivity contribution in [3.05, 3.63) is 48.2 Å². The van der Waals surface area contributed by atoms with Gasteiger partial charge in [-0.2, -0.15) is 0 Å². The van der Waals surface area contributed by atoms with Crippen LogP contribution < -0.4 is 0 Å². The molecule has 1 heterocycles. The van der Waals surface area contributed by atoms with E-state index in [4.69, 9.17) is 11.6 Å². The van der Waals surface area contributed by atoms with Gasteiger partial charge in [0.05, 0.1) is 5.52 Å². The molecular weight excluding hydrogens is 218 g/mol. The van der Waals surface area contributed by atoms with Crippen LogP contribution >= 0.6 is 11.6 Å². The molecule has 16 heavy (non-hydrogen) atoms. The molecule has 0 spiro atoms. The lowest BCUT2D eigenvalue weighted by atomic mass is 10.0. The fraction of sp³-hybridized carbons (Fsp3) is 0.214. The molecule has 0 aliphatic carbocycles. The molecule has 0 unspecified atom stereocenters. The van der Waals surface area contributed by atoms with Gasteiger partial charge in [0.15, 0.2) is 0 Å². The average molecular weight is 232 g/mol. The smallest absolute Gasteiger partial charge is 0.0708 e. The zero-order valence-electron chi connectivity index (χ0n) is 9.28. The first-order valence-electron chi connectivity index (χ1n) is 5.40. The summed E-state index contributed by atoms with van der Waals surface area (Å²) in [4.78, 5) is 4.35. The predicted molar refractivity (Wildman–Crippen MR) is 70.7 cm³/mol. The highest BCUT2D eigenvalue weighted by molar-refractivity contribution is 6.18. The largest absolute Gasteiger partial charge is 0.256 e. The van der Waals surface area contributed by atoms with Crippen LogP contribution in [0.1, 0.15) is 18.9 Å². The highest BCUT2D eigenvalue weighted by Gasteiger charge is 2.01. The van der Waals surface area contributed by atoms with Crippen molar-refractivity contribution in [1.82, 2.24) is 4.98 Å². The number of benzene rings is 1. The molecule has 0 saturated carbocycles. The van der Waals surface area contributed by atoms with Crippen LogP contribution in [0, 0.1) is 0 Å². The third kappa shape index (κ3) is 2.25. The Morgan fingerprint density at radius 2 is 2.19 bits per heavy atom. The Morgan fingerprint density at radius 3 is 3.00 bits per heavy atom. The summed E-state index contributed by atoms with van der Waals surface area (Å²) < 4.78 is 0. The Balaban J connectivity index is 2.52. The van der Waals surface area contributed by atoms with E-state index in [0.717, 1.165) is 11.9 Å². The molecule has 2 aromatic rings. The van der Waals surface area contributed by atoms with Gasteiger partial charge in [0, 0.05) is 17.5 Å². The number of halogens is 1. The second-order valence-electron chi connectivity index (χ2n) is 3.74. The molecule has 2 rings (SSSR count). The molecule has 0 N–H and O–H groups in total. The van der Waals surface area contributed by atoms with Crippen LogP contribution in [0.5, 0.6) is 0 Å². The van der Waals surface area contributed by atoms with E-state index in [9.17, 15) is 0 Å². The summed E-state index contributed by atoms with van der Waals surface area (Å²) in [5, 5.41) is 1.20. The molecule has 0 bridgehead atoms. The van der Waals surface area contributed by atoms with Crippen molar-refractivity contribution in [3.8, 4) is 0 Å². The summed E-state index contributed by atoms with van der Waals surface area (Å²) in [6.07, 6.45) is 4.91. The third-order valence-electron chi connectivity index (χ3n) is 2.63. The molecule has 2 heteroatoms. The molecule has 0 aliphatic rings. The topological polar surface area (TPSA) is 12.9 Å². The number of hydrogen-bond donors (Lipinski definition) is 0. The number of pyridine rings is 1. The monoisotopic (exact) mass is 231 g/mol. The summed E-state index contributed by atoms with van der Waals surface area (Å²) in [7, 11) is 0. The Bertz CT molecular complexity index is 512. The minimum Gasteiger partial charge on any atom is -0.256 e. The molecule has 0 radical (unpaired) electrons. The lowest BCUT2D eigenvalue weighted by Gasteiger charge is -2.06. The second kappa shape index (κ2) is 5.13. The van der Waals surface area contributed by atoms with Crippen LogP contribution in [0.15, 0.2) is 42.6 Å². The molecule has 0 saturated heterocycles. The standard InChI is InChI=1S/C14H14ClN/c1-11(5-3-9-15)12-6-2-8-14-13(12)7-4-10-16-14/h2,4-8,10H,3,9H2,1H3/b11-5-. The zero-order valence-corrected chi connectivity index (χ0v) is 10.0. The number of nitrogens with zero attached hydrogens (tertiary/aromatic N) is 1. The Hall–Kier alpha value is -1.34. The summed E-state index contributed by atoms with van der Waals surface area (Å²) >= 11 is 5.69. The first-order valence-corrected chi connectivity index (χ1v) is 5.93. The van der Waals surface area contributed by atoms with Crippen molar-refractivity contribution in [2.75, 3.05) is 5.88 Å². The number of alkyl halides is 1. The van der Waals surface area contributed by atoms with Crippen LogP contribution in [0.25, 0.3) is 16.5 Å². The molecule has 1 aromatic carbocycles. The van der Waals surface area contributed by atoms with Crippen molar-refractivity contribution < 1.29 is 0 Å². The van der Waals surface area contributed by atoms with Crippen LogP contribution in [0.4, 0.5) is 0 Å². The maximum atomic E-state index is 5.69. The highest BCUT2D eigenvalue weighted by Crippen LogP contribution is 2.23. The number of hydrogen-bond acceptors (Lipinski definition) is 1. The number of aromatic nitrogens is 1. The van der Waals surface area contributed by atoms with Gasteiger partial charge in [0.2, 0.25) is 0 Å². The van der Waals surface area contributed by atoms with E-state index in [-0.39, 0.29) is 0 Å². The van der Waals surface area contributed by atoms with E-state index >= 15 is 0 Å². The molecule has 1 nitrogen and oxygen atoms in total. The predicted octanol–water partition coefficient (Wildman–Crippen LogP) is 4.27. The average Bonchev–Trinajstić information content (AvgIpc) is 2.35. The van der Waals surface area contributed by atoms with E-state index in [2.05, 4.69) is 30.1 Å². The van der Waals surface area contributed by atoms with Gasteiger partial charge in [-0.15, -0.1) is 11.6 Å². The Kier molecular flexibility index (Phi) is 3.58. The summed E-state index contributed by atoms with van der Waals surface area (Å²) in [5.41, 5.74) is 3.55. The van der Waals surface area contributed by atoms with Gasteiger partial charge < -0.3 is 0 Å². The molecule has 0 amide bonds. The van der Waals surface area contributed by atoms with Crippen molar-refractivity contribution in [2.45, 2.75) is 13.3 Å². The minimum atomic E-state index is 0.667. The van der Waals surface area contributed by atoms with E-state index in [1.807, 2.05) is 24.4 Å². The van der Waals surface area contributed by atoms with Crippen molar-refractivity contribution in [3.63, 3.8) is 0 Å². The van der Waals surface area contributed by atoms with Gasteiger partial charge in [-0.1, -0.05) is 24.3 Å². The van der Waals surface area contributed by atoms with Crippen LogP contribution in [-0.2, 0) is 0 Å². The molecule has 1 aromatic heterocycles. The van der Waals surface area contributed by atoms with Crippen molar-refractivity contribution in [1.29, 1.82) is 0 Å². The first-order chi connectivity index (χ1) is 7.83. The van der Waals surface area contributed by atoms with Crippen LogP contribution in [0.3, 0.4) is 0 Å². The summed E-state index contributed by atoms with van der Waals surface area (Å²) in [6, 6.07) is 10.3. The molecular formula is C14H14ClN. The van der Waals surface area contributed by atoms with Gasteiger partial charge >= 0.3 is 0 Å². The molecule has 0 fully saturated rings. The van der Waals surface area contributed by atoms with Gasteiger partial charge in [0.1, 0.15) is 0 Å². The van der Waals surface area contributed by atoms with E-state index in [0.29, 0.717) is 5.88 Å². The highest BCUT2D eigenvalue weighted by atomic mass is 35.5. The van der Waals surface area contributed by atoms with Gasteiger partial charge in [-0.25, -0.2) is 0 Å². The van der Waals surface area contributed by atoms with E-state index in [1.165, 1.54) is 16.5 Å². The SMILES string of the molecule is C/C(=C/CCCl)c1cccc2ncccc12. The zero-order chi connectivity index (χ0) is 11.4. The van der Waals surface area contributed by atoms with Gasteiger partial charge in [0.25, 0.3) is 0 Å². The Labute approximate surface area is 101 Å². The van der Waals surface area contributed by atoms with Gasteiger partial charge in [-0.3, -0.25) is 4.98 Å².